The third-order valence-corrected chi connectivity index (χ3v) is 6.60. The highest BCUT2D eigenvalue weighted by atomic mass is 32.1. The molecule has 0 bridgehead atoms. The zero-order valence-electron chi connectivity index (χ0n) is 15.6. The second kappa shape index (κ2) is 8.54. The zero-order chi connectivity index (χ0) is 18.5. The minimum atomic E-state index is -0.0760. The van der Waals surface area contributed by atoms with Gasteiger partial charge in [0.1, 0.15) is 17.0 Å². The number of nitrogens with one attached hydrogen (secondary N) is 1. The second-order valence-electron chi connectivity index (χ2n) is 7.68. The van der Waals surface area contributed by atoms with Crippen LogP contribution in [0.5, 0.6) is 0 Å². The van der Waals surface area contributed by atoms with Crippen molar-refractivity contribution in [3.05, 3.63) is 29.7 Å². The topological polar surface area (TPSA) is 67.6 Å². The predicted octanol–water partition coefficient (Wildman–Crippen LogP) is 3.42. The van der Waals surface area contributed by atoms with Crippen LogP contribution in [-0.4, -0.2) is 55.2 Å². The predicted molar refractivity (Wildman–Crippen MR) is 105 cm³/mol. The highest BCUT2D eigenvalue weighted by Crippen LogP contribution is 2.37. The number of nitrogens with zero attached hydrogens (tertiary/aromatic N) is 2. The van der Waals surface area contributed by atoms with E-state index in [-0.39, 0.29) is 11.3 Å². The maximum Gasteiger partial charge on any atom is 0.270 e. The molecule has 146 valence electrons. The lowest BCUT2D eigenvalue weighted by atomic mass is 9.73. The van der Waals surface area contributed by atoms with Crippen LogP contribution in [0.15, 0.2) is 28.4 Å². The minimum absolute atomic E-state index is 0.0760. The number of carbonyl (C=O) groups excluding carboxylic acids is 1. The molecule has 0 radical (unpaired) electrons. The number of amides is 1. The number of thiazole rings is 1. The van der Waals surface area contributed by atoms with Gasteiger partial charge in [0, 0.05) is 42.5 Å². The van der Waals surface area contributed by atoms with E-state index in [0.29, 0.717) is 5.69 Å². The van der Waals surface area contributed by atoms with Crippen molar-refractivity contribution < 1.29 is 13.9 Å². The largest absolute Gasteiger partial charge is 0.472 e. The molecule has 27 heavy (non-hydrogen) atoms. The van der Waals surface area contributed by atoms with Gasteiger partial charge in [0.2, 0.25) is 0 Å². The molecule has 1 saturated carbocycles. The van der Waals surface area contributed by atoms with E-state index in [1.54, 1.807) is 12.5 Å². The molecule has 1 amide bonds. The number of ether oxygens (including phenoxy) is 1. The molecule has 6 nitrogen and oxygen atoms in total. The van der Waals surface area contributed by atoms with E-state index in [0.717, 1.165) is 50.0 Å². The highest BCUT2D eigenvalue weighted by molar-refractivity contribution is 7.13. The lowest BCUT2D eigenvalue weighted by molar-refractivity contribution is 0.00727. The Labute approximate surface area is 163 Å². The smallest absolute Gasteiger partial charge is 0.270 e. The van der Waals surface area contributed by atoms with Gasteiger partial charge in [0.25, 0.3) is 5.91 Å². The van der Waals surface area contributed by atoms with Gasteiger partial charge in [-0.2, -0.15) is 0 Å². The van der Waals surface area contributed by atoms with Crippen molar-refractivity contribution in [2.24, 2.45) is 5.41 Å². The molecule has 4 rings (SSSR count). The van der Waals surface area contributed by atoms with E-state index < -0.39 is 0 Å². The molecule has 0 atom stereocenters. The fourth-order valence-electron chi connectivity index (χ4n) is 4.18. The van der Waals surface area contributed by atoms with Crippen molar-refractivity contribution in [1.82, 2.24) is 15.2 Å². The van der Waals surface area contributed by atoms with E-state index in [2.05, 4.69) is 15.2 Å². The molecule has 0 spiro atoms. The summed E-state index contributed by atoms with van der Waals surface area (Å²) in [5, 5.41) is 5.82. The fourth-order valence-corrected chi connectivity index (χ4v) is 4.97. The van der Waals surface area contributed by atoms with Gasteiger partial charge in [-0.05, 0) is 18.9 Å². The molecule has 0 aromatic carbocycles. The molecular formula is C20H27N3O3S. The summed E-state index contributed by atoms with van der Waals surface area (Å²) in [6.45, 7) is 5.40. The van der Waals surface area contributed by atoms with Crippen LogP contribution >= 0.6 is 11.3 Å². The van der Waals surface area contributed by atoms with E-state index in [4.69, 9.17) is 9.15 Å². The van der Waals surface area contributed by atoms with Crippen molar-refractivity contribution in [2.45, 2.75) is 32.1 Å². The molecule has 7 heteroatoms. The maximum absolute atomic E-state index is 12.7. The first kappa shape index (κ1) is 18.7. The van der Waals surface area contributed by atoms with Gasteiger partial charge in [-0.1, -0.05) is 19.3 Å². The first-order chi connectivity index (χ1) is 13.2. The fraction of sp³-hybridized carbons (Fsp3) is 0.600. The summed E-state index contributed by atoms with van der Waals surface area (Å²) in [6, 6.07) is 1.86. The van der Waals surface area contributed by atoms with Crippen LogP contribution in [0.1, 0.15) is 42.6 Å². The quantitative estimate of drug-likeness (QED) is 0.820. The number of rotatable bonds is 6. The van der Waals surface area contributed by atoms with Crippen LogP contribution in [0.25, 0.3) is 10.6 Å². The Morgan fingerprint density at radius 3 is 2.81 bits per heavy atom. The summed E-state index contributed by atoms with van der Waals surface area (Å²) in [7, 11) is 0. The third-order valence-electron chi connectivity index (χ3n) is 5.71. The molecule has 2 aromatic rings. The Balaban J connectivity index is 1.38. The van der Waals surface area contributed by atoms with Gasteiger partial charge in [-0.15, -0.1) is 11.3 Å². The van der Waals surface area contributed by atoms with E-state index in [1.807, 2.05) is 11.4 Å². The van der Waals surface area contributed by atoms with Gasteiger partial charge in [0.15, 0.2) is 0 Å². The summed E-state index contributed by atoms with van der Waals surface area (Å²) in [6.07, 6.45) is 9.45. The Morgan fingerprint density at radius 1 is 1.26 bits per heavy atom. The lowest BCUT2D eigenvalue weighted by Gasteiger charge is -2.42. The SMILES string of the molecule is O=C(NCC1(CN2CCOCC2)CCCCC1)c1csc(-c2ccoc2)n1. The van der Waals surface area contributed by atoms with Crippen molar-refractivity contribution in [3.8, 4) is 10.6 Å². The van der Waals surface area contributed by atoms with Crippen molar-refractivity contribution in [1.29, 1.82) is 0 Å². The first-order valence-electron chi connectivity index (χ1n) is 9.81. The molecule has 1 aliphatic heterocycles. The zero-order valence-corrected chi connectivity index (χ0v) is 16.4. The Morgan fingerprint density at radius 2 is 2.07 bits per heavy atom. The van der Waals surface area contributed by atoms with E-state index in [1.165, 1.54) is 43.4 Å². The van der Waals surface area contributed by atoms with Crippen LogP contribution in [0.2, 0.25) is 0 Å². The molecule has 2 aliphatic rings. The average Bonchev–Trinajstić information content (AvgIpc) is 3.39. The van der Waals surface area contributed by atoms with Crippen LogP contribution in [0, 0.1) is 5.41 Å². The average molecular weight is 390 g/mol. The number of carbonyl (C=O) groups is 1. The van der Waals surface area contributed by atoms with Gasteiger partial charge in [-0.25, -0.2) is 4.98 Å². The van der Waals surface area contributed by atoms with Crippen LogP contribution < -0.4 is 5.32 Å². The monoisotopic (exact) mass is 389 g/mol. The Kier molecular flexibility index (Phi) is 5.90. The van der Waals surface area contributed by atoms with Crippen LogP contribution in [0.3, 0.4) is 0 Å². The van der Waals surface area contributed by atoms with Gasteiger partial charge >= 0.3 is 0 Å². The molecule has 1 saturated heterocycles. The molecular weight excluding hydrogens is 362 g/mol. The number of hydrogen-bond donors (Lipinski definition) is 1. The first-order valence-corrected chi connectivity index (χ1v) is 10.7. The normalized spacial score (nSPS) is 20.4. The summed E-state index contributed by atoms with van der Waals surface area (Å²) in [5.74, 6) is -0.0760. The number of aromatic nitrogens is 1. The summed E-state index contributed by atoms with van der Waals surface area (Å²) < 4.78 is 10.6. The molecule has 1 N–H and O–H groups in total. The van der Waals surface area contributed by atoms with Crippen molar-refractivity contribution in [3.63, 3.8) is 0 Å². The number of hydrogen-bond acceptors (Lipinski definition) is 6. The van der Waals surface area contributed by atoms with Crippen molar-refractivity contribution >= 4 is 17.2 Å². The Hall–Kier alpha value is -1.70. The van der Waals surface area contributed by atoms with E-state index in [9.17, 15) is 4.79 Å². The summed E-state index contributed by atoms with van der Waals surface area (Å²) in [5.41, 5.74) is 1.58. The minimum Gasteiger partial charge on any atom is -0.472 e. The number of furan rings is 1. The van der Waals surface area contributed by atoms with Gasteiger partial charge in [-0.3, -0.25) is 9.69 Å². The molecule has 1 aliphatic carbocycles. The van der Waals surface area contributed by atoms with Crippen molar-refractivity contribution in [2.75, 3.05) is 39.4 Å². The number of morpholine rings is 1. The standard InChI is InChI=1S/C20H27N3O3S/c24-18(17-13-27-19(22-17)16-4-9-26-12-16)21-14-20(5-2-1-3-6-20)15-23-7-10-25-11-8-23/h4,9,12-13H,1-3,5-8,10-11,14-15H2,(H,21,24). The van der Waals surface area contributed by atoms with Crippen LogP contribution in [0.4, 0.5) is 0 Å². The maximum atomic E-state index is 12.7. The Bertz CT molecular complexity index is 732. The second-order valence-corrected chi connectivity index (χ2v) is 8.54. The van der Waals surface area contributed by atoms with Gasteiger partial charge < -0.3 is 14.5 Å². The highest BCUT2D eigenvalue weighted by Gasteiger charge is 2.35. The third kappa shape index (κ3) is 4.59. The molecule has 3 heterocycles. The molecule has 0 unspecified atom stereocenters. The molecule has 2 aromatic heterocycles. The van der Waals surface area contributed by atoms with Crippen LogP contribution in [-0.2, 0) is 4.74 Å². The van der Waals surface area contributed by atoms with E-state index >= 15 is 0 Å². The van der Waals surface area contributed by atoms with Gasteiger partial charge in [0.05, 0.1) is 19.5 Å². The lowest BCUT2D eigenvalue weighted by Crippen LogP contribution is -2.49. The molecule has 2 fully saturated rings. The summed E-state index contributed by atoms with van der Waals surface area (Å²) in [4.78, 5) is 19.7. The summed E-state index contributed by atoms with van der Waals surface area (Å²) >= 11 is 1.47.